The lowest BCUT2D eigenvalue weighted by Crippen LogP contribution is -2.44. The van der Waals surface area contributed by atoms with E-state index in [-0.39, 0.29) is 12.6 Å². The van der Waals surface area contributed by atoms with Crippen LogP contribution in [0.3, 0.4) is 0 Å². The van der Waals surface area contributed by atoms with Gasteiger partial charge in [-0.3, -0.25) is 0 Å². The molecule has 0 aliphatic carbocycles. The van der Waals surface area contributed by atoms with Crippen LogP contribution in [0.4, 0.5) is 5.95 Å². The van der Waals surface area contributed by atoms with Crippen molar-refractivity contribution in [1.29, 1.82) is 0 Å². The first-order chi connectivity index (χ1) is 15.6. The van der Waals surface area contributed by atoms with Gasteiger partial charge in [-0.05, 0) is 54.6 Å². The average Bonchev–Trinajstić information content (AvgIpc) is 3.28. The number of anilines is 1. The zero-order valence-electron chi connectivity index (χ0n) is 18.2. The van der Waals surface area contributed by atoms with Gasteiger partial charge in [-0.25, -0.2) is 9.97 Å². The molecule has 0 radical (unpaired) electrons. The third kappa shape index (κ3) is 4.41. The molecule has 3 aromatic rings. The number of aromatic nitrogens is 2. The molecular weight excluding hydrogens is 404 g/mol. The summed E-state index contributed by atoms with van der Waals surface area (Å²) in [7, 11) is 0. The second-order valence-corrected chi connectivity index (χ2v) is 9.06. The molecule has 0 amide bonds. The van der Waals surface area contributed by atoms with Crippen LogP contribution in [0.5, 0.6) is 5.75 Å². The van der Waals surface area contributed by atoms with Crippen molar-refractivity contribution >= 4 is 16.7 Å². The van der Waals surface area contributed by atoms with Gasteiger partial charge in [0, 0.05) is 36.7 Å². The Kier molecular flexibility index (Phi) is 5.95. The second kappa shape index (κ2) is 9.02. The molecule has 7 nitrogen and oxygen atoms in total. The first-order valence-corrected chi connectivity index (χ1v) is 11.3. The average molecular weight is 435 g/mol. The van der Waals surface area contributed by atoms with Gasteiger partial charge in [0.2, 0.25) is 5.95 Å². The van der Waals surface area contributed by atoms with Gasteiger partial charge < -0.3 is 25.2 Å². The fraction of sp³-hybridized carbons (Fsp3) is 0.440. The summed E-state index contributed by atoms with van der Waals surface area (Å²) >= 11 is 0. The standard InChI is InChI=1S/C25H30N4O3/c26-24-27-13-19(14-28-24)23-21-4-2-1-3-18(21)5-6-22(23)32-16-20(30)15-29-10-7-25(8-11-29)9-12-31-17-25/h1-6,13-14,20,30H,7-12,15-17H2,(H2,26,27,28). The largest absolute Gasteiger partial charge is 0.490 e. The van der Waals surface area contributed by atoms with Crippen molar-refractivity contribution in [3.05, 3.63) is 48.8 Å². The van der Waals surface area contributed by atoms with E-state index >= 15 is 0 Å². The van der Waals surface area contributed by atoms with Crippen LogP contribution in [0.2, 0.25) is 0 Å². The van der Waals surface area contributed by atoms with Crippen LogP contribution in [-0.4, -0.2) is 65.5 Å². The predicted molar refractivity (Wildman–Crippen MR) is 124 cm³/mol. The third-order valence-corrected chi connectivity index (χ3v) is 6.85. The van der Waals surface area contributed by atoms with E-state index in [1.807, 2.05) is 24.3 Å². The van der Waals surface area contributed by atoms with Gasteiger partial charge in [-0.2, -0.15) is 0 Å². The van der Waals surface area contributed by atoms with Crippen LogP contribution in [0.15, 0.2) is 48.8 Å². The summed E-state index contributed by atoms with van der Waals surface area (Å²) in [5.74, 6) is 0.941. The molecule has 1 spiro atoms. The number of fused-ring (bicyclic) bond motifs is 1. The number of nitrogen functional groups attached to an aromatic ring is 1. The maximum absolute atomic E-state index is 10.7. The Labute approximate surface area is 188 Å². The first kappa shape index (κ1) is 21.1. The number of likely N-dealkylation sites (tertiary alicyclic amines) is 1. The quantitative estimate of drug-likeness (QED) is 0.616. The van der Waals surface area contributed by atoms with E-state index in [0.717, 1.165) is 61.0 Å². The van der Waals surface area contributed by atoms with Crippen LogP contribution < -0.4 is 10.5 Å². The number of ether oxygens (including phenoxy) is 2. The van der Waals surface area contributed by atoms with E-state index in [1.54, 1.807) is 12.4 Å². The highest BCUT2D eigenvalue weighted by atomic mass is 16.5. The summed E-state index contributed by atoms with van der Waals surface area (Å²) < 4.78 is 11.8. The van der Waals surface area contributed by atoms with Crippen molar-refractivity contribution in [2.24, 2.45) is 5.41 Å². The summed E-state index contributed by atoms with van der Waals surface area (Å²) in [5, 5.41) is 12.8. The summed E-state index contributed by atoms with van der Waals surface area (Å²) in [6.07, 6.45) is 6.32. The highest BCUT2D eigenvalue weighted by molar-refractivity contribution is 5.99. The molecule has 2 saturated heterocycles. The van der Waals surface area contributed by atoms with E-state index in [1.165, 1.54) is 6.42 Å². The van der Waals surface area contributed by atoms with Crippen molar-refractivity contribution in [3.63, 3.8) is 0 Å². The Morgan fingerprint density at radius 3 is 2.62 bits per heavy atom. The Morgan fingerprint density at radius 1 is 1.09 bits per heavy atom. The molecule has 5 rings (SSSR count). The molecule has 1 atom stereocenters. The normalized spacial score (nSPS) is 19.4. The maximum Gasteiger partial charge on any atom is 0.219 e. The molecule has 2 aromatic carbocycles. The molecule has 0 bridgehead atoms. The first-order valence-electron chi connectivity index (χ1n) is 11.3. The zero-order chi connectivity index (χ0) is 22.0. The van der Waals surface area contributed by atoms with Crippen molar-refractivity contribution in [2.45, 2.75) is 25.4 Å². The minimum absolute atomic E-state index is 0.228. The summed E-state index contributed by atoms with van der Waals surface area (Å²) in [6.45, 7) is 4.64. The van der Waals surface area contributed by atoms with Crippen LogP contribution in [0.25, 0.3) is 21.9 Å². The second-order valence-electron chi connectivity index (χ2n) is 9.06. The van der Waals surface area contributed by atoms with Crippen molar-refractivity contribution < 1.29 is 14.6 Å². The summed E-state index contributed by atoms with van der Waals surface area (Å²) in [5.41, 5.74) is 7.80. The fourth-order valence-electron chi connectivity index (χ4n) is 4.93. The molecule has 7 heteroatoms. The number of benzene rings is 2. The molecular formula is C25H30N4O3. The lowest BCUT2D eigenvalue weighted by molar-refractivity contribution is 0.0320. The molecule has 2 aliphatic rings. The molecule has 168 valence electrons. The topological polar surface area (TPSA) is 93.7 Å². The van der Waals surface area contributed by atoms with E-state index in [2.05, 4.69) is 27.0 Å². The van der Waals surface area contributed by atoms with Gasteiger partial charge in [-0.15, -0.1) is 0 Å². The fourth-order valence-corrected chi connectivity index (χ4v) is 4.93. The van der Waals surface area contributed by atoms with Crippen LogP contribution in [0.1, 0.15) is 19.3 Å². The molecule has 1 aromatic heterocycles. The van der Waals surface area contributed by atoms with E-state index < -0.39 is 6.10 Å². The summed E-state index contributed by atoms with van der Waals surface area (Å²) in [6, 6.07) is 12.1. The van der Waals surface area contributed by atoms with Gasteiger partial charge in [0.05, 0.1) is 6.61 Å². The maximum atomic E-state index is 10.7. The highest BCUT2D eigenvalue weighted by Gasteiger charge is 2.38. The Balaban J connectivity index is 1.28. The van der Waals surface area contributed by atoms with Gasteiger partial charge >= 0.3 is 0 Å². The van der Waals surface area contributed by atoms with E-state index in [0.29, 0.717) is 17.7 Å². The monoisotopic (exact) mass is 434 g/mol. The minimum Gasteiger partial charge on any atom is -0.490 e. The number of nitrogens with zero attached hydrogens (tertiary/aromatic N) is 3. The number of hydrogen-bond donors (Lipinski definition) is 2. The van der Waals surface area contributed by atoms with Gasteiger partial charge in [-0.1, -0.05) is 30.3 Å². The molecule has 3 heterocycles. The smallest absolute Gasteiger partial charge is 0.219 e. The Morgan fingerprint density at radius 2 is 1.88 bits per heavy atom. The molecule has 2 fully saturated rings. The van der Waals surface area contributed by atoms with Crippen molar-refractivity contribution in [2.75, 3.05) is 45.2 Å². The van der Waals surface area contributed by atoms with Gasteiger partial charge in [0.25, 0.3) is 0 Å². The minimum atomic E-state index is -0.564. The van der Waals surface area contributed by atoms with Crippen molar-refractivity contribution in [1.82, 2.24) is 14.9 Å². The highest BCUT2D eigenvalue weighted by Crippen LogP contribution is 2.39. The number of piperidine rings is 1. The number of aliphatic hydroxyl groups excluding tert-OH is 1. The van der Waals surface area contributed by atoms with Gasteiger partial charge in [0.15, 0.2) is 0 Å². The summed E-state index contributed by atoms with van der Waals surface area (Å²) in [4.78, 5) is 10.6. The van der Waals surface area contributed by atoms with E-state index in [9.17, 15) is 5.11 Å². The van der Waals surface area contributed by atoms with Crippen LogP contribution >= 0.6 is 0 Å². The van der Waals surface area contributed by atoms with Crippen molar-refractivity contribution in [3.8, 4) is 16.9 Å². The molecule has 2 aliphatic heterocycles. The van der Waals surface area contributed by atoms with Gasteiger partial charge in [0.1, 0.15) is 18.5 Å². The molecule has 3 N–H and O–H groups in total. The zero-order valence-corrected chi connectivity index (χ0v) is 18.2. The van der Waals surface area contributed by atoms with Crippen LogP contribution in [0, 0.1) is 5.41 Å². The lowest BCUT2D eigenvalue weighted by atomic mass is 9.78. The Bertz CT molecular complexity index is 1060. The number of aliphatic hydroxyl groups is 1. The Hall–Kier alpha value is -2.74. The number of β-amino-alcohol motifs (C(OH)–C–C–N with tert-alkyl or cyclic N) is 1. The lowest BCUT2D eigenvalue weighted by Gasteiger charge is -2.38. The third-order valence-electron chi connectivity index (χ3n) is 6.85. The van der Waals surface area contributed by atoms with Crippen LogP contribution in [-0.2, 0) is 4.74 Å². The number of hydrogen-bond acceptors (Lipinski definition) is 7. The number of nitrogens with two attached hydrogens (primary N) is 1. The SMILES string of the molecule is Nc1ncc(-c2c(OCC(O)CN3CCC4(CCOC4)CC3)ccc3ccccc23)cn1. The van der Waals surface area contributed by atoms with E-state index in [4.69, 9.17) is 15.2 Å². The molecule has 1 unspecified atom stereocenters. The molecule has 32 heavy (non-hydrogen) atoms. The number of rotatable bonds is 6. The molecule has 0 saturated carbocycles. The predicted octanol–water partition coefficient (Wildman–Crippen LogP) is 3.12.